The normalized spacial score (nSPS) is 10.0. The highest BCUT2D eigenvalue weighted by molar-refractivity contribution is 9.11. The SMILES string of the molecule is COc1ccc(Cl)cc1C(=O)NNC(=O)c1ccc(Br)s1. The Morgan fingerprint density at radius 2 is 1.90 bits per heavy atom. The number of carbonyl (C=O) groups is 2. The fourth-order valence-electron chi connectivity index (χ4n) is 1.54. The van der Waals surface area contributed by atoms with Crippen LogP contribution in [0.1, 0.15) is 20.0 Å². The first kappa shape index (κ1) is 15.8. The quantitative estimate of drug-likeness (QED) is 0.792. The lowest BCUT2D eigenvalue weighted by Crippen LogP contribution is -2.41. The predicted molar refractivity (Wildman–Crippen MR) is 85.0 cm³/mol. The van der Waals surface area contributed by atoms with Gasteiger partial charge in [0.15, 0.2) is 0 Å². The summed E-state index contributed by atoms with van der Waals surface area (Å²) in [5.74, 6) is -0.552. The zero-order valence-corrected chi connectivity index (χ0v) is 13.9. The van der Waals surface area contributed by atoms with Gasteiger partial charge in [0, 0.05) is 5.02 Å². The Labute approximate surface area is 138 Å². The minimum Gasteiger partial charge on any atom is -0.496 e. The number of thiophene rings is 1. The highest BCUT2D eigenvalue weighted by atomic mass is 79.9. The number of rotatable bonds is 3. The van der Waals surface area contributed by atoms with E-state index in [0.29, 0.717) is 15.6 Å². The van der Waals surface area contributed by atoms with Crippen molar-refractivity contribution in [1.29, 1.82) is 0 Å². The molecule has 110 valence electrons. The molecule has 2 amide bonds. The van der Waals surface area contributed by atoms with Gasteiger partial charge in [-0.1, -0.05) is 11.6 Å². The third kappa shape index (κ3) is 3.96. The lowest BCUT2D eigenvalue weighted by molar-refractivity contribution is 0.0847. The van der Waals surface area contributed by atoms with E-state index >= 15 is 0 Å². The van der Waals surface area contributed by atoms with E-state index in [1.807, 2.05) is 0 Å². The largest absolute Gasteiger partial charge is 0.496 e. The zero-order valence-electron chi connectivity index (χ0n) is 10.8. The summed E-state index contributed by atoms with van der Waals surface area (Å²) >= 11 is 10.4. The van der Waals surface area contributed by atoms with Crippen LogP contribution < -0.4 is 15.6 Å². The maximum absolute atomic E-state index is 12.0. The van der Waals surface area contributed by atoms with Crippen molar-refractivity contribution in [2.75, 3.05) is 7.11 Å². The second-order valence-corrected chi connectivity index (χ2v) is 6.76. The lowest BCUT2D eigenvalue weighted by atomic mass is 10.2. The van der Waals surface area contributed by atoms with E-state index in [1.165, 1.54) is 24.5 Å². The van der Waals surface area contributed by atoms with E-state index in [2.05, 4.69) is 26.8 Å². The van der Waals surface area contributed by atoms with Gasteiger partial charge < -0.3 is 4.74 Å². The van der Waals surface area contributed by atoms with E-state index in [1.54, 1.807) is 24.3 Å². The molecule has 0 spiro atoms. The maximum atomic E-state index is 12.0. The molecular formula is C13H10BrClN2O3S. The molecule has 0 saturated carbocycles. The maximum Gasteiger partial charge on any atom is 0.279 e. The first-order chi connectivity index (χ1) is 10.0. The van der Waals surface area contributed by atoms with Crippen molar-refractivity contribution in [2.45, 2.75) is 0 Å². The minimum absolute atomic E-state index is 0.234. The van der Waals surface area contributed by atoms with Crippen LogP contribution in [0.2, 0.25) is 5.02 Å². The summed E-state index contributed by atoms with van der Waals surface area (Å²) in [6.07, 6.45) is 0. The highest BCUT2D eigenvalue weighted by Crippen LogP contribution is 2.23. The van der Waals surface area contributed by atoms with Crippen molar-refractivity contribution in [2.24, 2.45) is 0 Å². The Kier molecular flexibility index (Phi) is 5.22. The fourth-order valence-corrected chi connectivity index (χ4v) is 2.99. The first-order valence-electron chi connectivity index (χ1n) is 5.71. The number of hydrazine groups is 1. The van der Waals surface area contributed by atoms with Crippen LogP contribution in [0.25, 0.3) is 0 Å². The van der Waals surface area contributed by atoms with Crippen LogP contribution in [0.4, 0.5) is 0 Å². The van der Waals surface area contributed by atoms with Gasteiger partial charge >= 0.3 is 0 Å². The summed E-state index contributed by atoms with van der Waals surface area (Å²) in [5.41, 5.74) is 4.89. The number of methoxy groups -OCH3 is 1. The second kappa shape index (κ2) is 6.93. The monoisotopic (exact) mass is 388 g/mol. The van der Waals surface area contributed by atoms with Gasteiger partial charge in [-0.2, -0.15) is 0 Å². The molecule has 2 aromatic rings. The van der Waals surface area contributed by atoms with Gasteiger partial charge in [0.2, 0.25) is 0 Å². The molecule has 0 fully saturated rings. The van der Waals surface area contributed by atoms with Crippen LogP contribution in [0.3, 0.4) is 0 Å². The Morgan fingerprint density at radius 3 is 2.52 bits per heavy atom. The number of hydrogen-bond donors (Lipinski definition) is 2. The van der Waals surface area contributed by atoms with Gasteiger partial charge in [0.25, 0.3) is 11.8 Å². The van der Waals surface area contributed by atoms with Gasteiger partial charge in [0.1, 0.15) is 5.75 Å². The van der Waals surface area contributed by atoms with Crippen molar-refractivity contribution in [3.63, 3.8) is 0 Å². The molecule has 2 rings (SSSR count). The molecular weight excluding hydrogens is 380 g/mol. The molecule has 1 heterocycles. The Balaban J connectivity index is 2.05. The molecule has 0 aliphatic carbocycles. The number of nitrogens with one attached hydrogen (secondary N) is 2. The molecule has 1 aromatic carbocycles. The zero-order chi connectivity index (χ0) is 15.4. The average molecular weight is 390 g/mol. The number of amides is 2. The van der Waals surface area contributed by atoms with Crippen LogP contribution in [0.15, 0.2) is 34.1 Å². The molecule has 0 saturated heterocycles. The lowest BCUT2D eigenvalue weighted by Gasteiger charge is -2.10. The smallest absolute Gasteiger partial charge is 0.279 e. The summed E-state index contributed by atoms with van der Waals surface area (Å²) in [5, 5.41) is 0.398. The summed E-state index contributed by atoms with van der Waals surface area (Å²) in [7, 11) is 1.45. The van der Waals surface area contributed by atoms with Crippen LogP contribution in [-0.4, -0.2) is 18.9 Å². The topological polar surface area (TPSA) is 67.4 Å². The molecule has 8 heteroatoms. The summed E-state index contributed by atoms with van der Waals surface area (Å²) in [4.78, 5) is 24.3. The number of halogens is 2. The molecule has 0 aliphatic heterocycles. The minimum atomic E-state index is -0.515. The van der Waals surface area contributed by atoms with E-state index in [-0.39, 0.29) is 5.56 Å². The van der Waals surface area contributed by atoms with E-state index in [9.17, 15) is 9.59 Å². The molecule has 0 aliphatic rings. The summed E-state index contributed by atoms with van der Waals surface area (Å²) < 4.78 is 5.91. The molecule has 5 nitrogen and oxygen atoms in total. The Hall–Kier alpha value is -1.57. The van der Waals surface area contributed by atoms with Crippen LogP contribution in [0, 0.1) is 0 Å². The molecule has 2 N–H and O–H groups in total. The molecule has 1 aromatic heterocycles. The van der Waals surface area contributed by atoms with Crippen LogP contribution >= 0.6 is 38.9 Å². The van der Waals surface area contributed by atoms with Crippen LogP contribution in [-0.2, 0) is 0 Å². The average Bonchev–Trinajstić information content (AvgIpc) is 2.91. The third-order valence-corrected chi connectivity index (χ3v) is 4.35. The molecule has 0 radical (unpaired) electrons. The highest BCUT2D eigenvalue weighted by Gasteiger charge is 2.15. The third-order valence-electron chi connectivity index (χ3n) is 2.49. The number of ether oxygens (including phenoxy) is 1. The first-order valence-corrected chi connectivity index (χ1v) is 7.69. The van der Waals surface area contributed by atoms with Gasteiger partial charge in [0.05, 0.1) is 21.3 Å². The van der Waals surface area contributed by atoms with E-state index in [4.69, 9.17) is 16.3 Å². The van der Waals surface area contributed by atoms with Gasteiger partial charge in [-0.05, 0) is 46.3 Å². The van der Waals surface area contributed by atoms with Crippen molar-refractivity contribution >= 4 is 50.7 Å². The summed E-state index contributed by atoms with van der Waals surface area (Å²) in [6.45, 7) is 0. The van der Waals surface area contributed by atoms with Crippen molar-refractivity contribution < 1.29 is 14.3 Å². The van der Waals surface area contributed by atoms with Gasteiger partial charge in [-0.25, -0.2) is 0 Å². The Morgan fingerprint density at radius 1 is 1.19 bits per heavy atom. The van der Waals surface area contributed by atoms with Gasteiger partial charge in [-0.15, -0.1) is 11.3 Å². The number of carbonyl (C=O) groups excluding carboxylic acids is 2. The molecule has 0 atom stereocenters. The van der Waals surface area contributed by atoms with Crippen molar-refractivity contribution in [3.8, 4) is 5.75 Å². The van der Waals surface area contributed by atoms with Crippen molar-refractivity contribution in [1.82, 2.24) is 10.9 Å². The number of hydrogen-bond acceptors (Lipinski definition) is 4. The van der Waals surface area contributed by atoms with E-state index in [0.717, 1.165) is 3.79 Å². The van der Waals surface area contributed by atoms with Crippen LogP contribution in [0.5, 0.6) is 5.75 Å². The van der Waals surface area contributed by atoms with Crippen molar-refractivity contribution in [3.05, 3.63) is 49.6 Å². The van der Waals surface area contributed by atoms with E-state index < -0.39 is 11.8 Å². The second-order valence-electron chi connectivity index (χ2n) is 3.86. The summed E-state index contributed by atoms with van der Waals surface area (Å²) in [6, 6.07) is 8.05. The molecule has 0 unspecified atom stereocenters. The Bertz CT molecular complexity index is 690. The predicted octanol–water partition coefficient (Wildman–Crippen LogP) is 3.25. The molecule has 0 bridgehead atoms. The number of benzene rings is 1. The molecule has 21 heavy (non-hydrogen) atoms. The standard InChI is InChI=1S/C13H10BrClN2O3S/c1-20-9-3-2-7(15)6-8(9)12(18)16-17-13(19)10-4-5-11(14)21-10/h2-6H,1H3,(H,16,18)(H,17,19). The van der Waals surface area contributed by atoms with Gasteiger partial charge in [-0.3, -0.25) is 20.4 Å². The fraction of sp³-hybridized carbons (Fsp3) is 0.0769.